The molecule has 1 aliphatic rings. The molecular weight excluding hydrogens is 246 g/mol. The standard InChI is InChI=1S/C13H21N3OS/c1-9-11(18-10(2)15-9)16-12(17)14-8-13(3)6-4-5-7-13/h4-8H2,1-3H3,(H2,14,16,17). The van der Waals surface area contributed by atoms with E-state index in [4.69, 9.17) is 0 Å². The van der Waals surface area contributed by atoms with Gasteiger partial charge in [-0.25, -0.2) is 9.78 Å². The van der Waals surface area contributed by atoms with E-state index in [0.717, 1.165) is 22.2 Å². The van der Waals surface area contributed by atoms with Crippen molar-refractivity contribution in [3.8, 4) is 0 Å². The van der Waals surface area contributed by atoms with Gasteiger partial charge in [0.15, 0.2) is 0 Å². The Kier molecular flexibility index (Phi) is 3.90. The Morgan fingerprint density at radius 3 is 2.61 bits per heavy atom. The summed E-state index contributed by atoms with van der Waals surface area (Å²) in [6, 6.07) is -0.116. The van der Waals surface area contributed by atoms with Crippen molar-refractivity contribution in [2.45, 2.75) is 46.5 Å². The van der Waals surface area contributed by atoms with Crippen LogP contribution in [0.5, 0.6) is 0 Å². The van der Waals surface area contributed by atoms with Gasteiger partial charge >= 0.3 is 6.03 Å². The summed E-state index contributed by atoms with van der Waals surface area (Å²) >= 11 is 1.52. The first-order valence-corrected chi connectivity index (χ1v) is 7.29. The van der Waals surface area contributed by atoms with E-state index in [2.05, 4.69) is 22.5 Å². The van der Waals surface area contributed by atoms with Crippen LogP contribution < -0.4 is 10.6 Å². The van der Waals surface area contributed by atoms with Crippen molar-refractivity contribution in [1.29, 1.82) is 0 Å². The first-order chi connectivity index (χ1) is 8.48. The summed E-state index contributed by atoms with van der Waals surface area (Å²) in [5.41, 5.74) is 1.18. The van der Waals surface area contributed by atoms with E-state index in [9.17, 15) is 4.79 Å². The molecule has 2 amide bonds. The molecule has 5 heteroatoms. The molecule has 0 spiro atoms. The largest absolute Gasteiger partial charge is 0.337 e. The Morgan fingerprint density at radius 2 is 2.06 bits per heavy atom. The van der Waals surface area contributed by atoms with E-state index in [0.29, 0.717) is 0 Å². The van der Waals surface area contributed by atoms with Crippen molar-refractivity contribution in [3.05, 3.63) is 10.7 Å². The van der Waals surface area contributed by atoms with Gasteiger partial charge in [-0.2, -0.15) is 0 Å². The number of anilines is 1. The number of carbonyl (C=O) groups is 1. The van der Waals surface area contributed by atoms with E-state index in [1.54, 1.807) is 0 Å². The second kappa shape index (κ2) is 5.26. The second-order valence-corrected chi connectivity index (χ2v) is 6.68. The topological polar surface area (TPSA) is 54.0 Å². The summed E-state index contributed by atoms with van der Waals surface area (Å²) < 4.78 is 0. The molecule has 0 bridgehead atoms. The maximum Gasteiger partial charge on any atom is 0.319 e. The van der Waals surface area contributed by atoms with Gasteiger partial charge in [0.25, 0.3) is 0 Å². The van der Waals surface area contributed by atoms with Gasteiger partial charge in [0.2, 0.25) is 0 Å². The van der Waals surface area contributed by atoms with Crippen molar-refractivity contribution in [2.75, 3.05) is 11.9 Å². The van der Waals surface area contributed by atoms with Crippen LogP contribution in [0.3, 0.4) is 0 Å². The molecule has 100 valence electrons. The van der Waals surface area contributed by atoms with Crippen LogP contribution in [0.2, 0.25) is 0 Å². The number of carbonyl (C=O) groups excluding carboxylic acids is 1. The molecule has 1 saturated carbocycles. The number of thiazole rings is 1. The maximum absolute atomic E-state index is 11.8. The number of nitrogens with one attached hydrogen (secondary N) is 2. The SMILES string of the molecule is Cc1nc(C)c(NC(=O)NCC2(C)CCCC2)s1. The zero-order chi connectivity index (χ0) is 13.2. The quantitative estimate of drug-likeness (QED) is 0.881. The third-order valence-electron chi connectivity index (χ3n) is 3.62. The van der Waals surface area contributed by atoms with E-state index in [1.165, 1.54) is 37.0 Å². The lowest BCUT2D eigenvalue weighted by atomic mass is 9.89. The number of aromatic nitrogens is 1. The fraction of sp³-hybridized carbons (Fsp3) is 0.692. The van der Waals surface area contributed by atoms with Gasteiger partial charge < -0.3 is 5.32 Å². The molecule has 1 aliphatic carbocycles. The average molecular weight is 267 g/mol. The summed E-state index contributed by atoms with van der Waals surface area (Å²) in [6.07, 6.45) is 5.00. The maximum atomic E-state index is 11.8. The van der Waals surface area contributed by atoms with Gasteiger partial charge in [-0.05, 0) is 32.1 Å². The predicted molar refractivity (Wildman–Crippen MR) is 75.2 cm³/mol. The van der Waals surface area contributed by atoms with Crippen LogP contribution in [0.4, 0.5) is 9.80 Å². The highest BCUT2D eigenvalue weighted by Crippen LogP contribution is 2.36. The van der Waals surface area contributed by atoms with Crippen molar-refractivity contribution in [1.82, 2.24) is 10.3 Å². The number of urea groups is 1. The summed E-state index contributed by atoms with van der Waals surface area (Å²) in [6.45, 7) is 6.87. The molecule has 4 nitrogen and oxygen atoms in total. The van der Waals surface area contributed by atoms with E-state index < -0.39 is 0 Å². The summed E-state index contributed by atoms with van der Waals surface area (Å²) in [5.74, 6) is 0. The Morgan fingerprint density at radius 1 is 1.39 bits per heavy atom. The molecular formula is C13H21N3OS. The lowest BCUT2D eigenvalue weighted by Crippen LogP contribution is -2.36. The van der Waals surface area contributed by atoms with Crippen LogP contribution in [-0.4, -0.2) is 17.6 Å². The molecule has 0 aromatic carbocycles. The zero-order valence-corrected chi connectivity index (χ0v) is 12.1. The van der Waals surface area contributed by atoms with Gasteiger partial charge in [0.05, 0.1) is 10.7 Å². The van der Waals surface area contributed by atoms with Crippen LogP contribution in [0.1, 0.15) is 43.3 Å². The molecule has 0 radical (unpaired) electrons. The van der Waals surface area contributed by atoms with Crippen LogP contribution in [-0.2, 0) is 0 Å². The lowest BCUT2D eigenvalue weighted by Gasteiger charge is -2.23. The monoisotopic (exact) mass is 267 g/mol. The first kappa shape index (κ1) is 13.3. The highest BCUT2D eigenvalue weighted by Gasteiger charge is 2.28. The number of rotatable bonds is 3. The van der Waals surface area contributed by atoms with Crippen LogP contribution in [0, 0.1) is 19.3 Å². The Labute approximate surface area is 112 Å². The van der Waals surface area contributed by atoms with Gasteiger partial charge in [0.1, 0.15) is 5.00 Å². The zero-order valence-electron chi connectivity index (χ0n) is 11.3. The Hall–Kier alpha value is -1.10. The molecule has 2 rings (SSSR count). The minimum absolute atomic E-state index is 0.116. The van der Waals surface area contributed by atoms with Crippen LogP contribution in [0.25, 0.3) is 0 Å². The third-order valence-corrected chi connectivity index (χ3v) is 4.61. The molecule has 0 atom stereocenters. The normalized spacial score (nSPS) is 17.7. The van der Waals surface area contributed by atoms with Crippen LogP contribution in [0.15, 0.2) is 0 Å². The molecule has 0 unspecified atom stereocenters. The van der Waals surface area contributed by atoms with E-state index in [-0.39, 0.29) is 11.4 Å². The molecule has 0 aliphatic heterocycles. The summed E-state index contributed by atoms with van der Waals surface area (Å²) in [4.78, 5) is 16.1. The van der Waals surface area contributed by atoms with Gasteiger partial charge in [-0.1, -0.05) is 19.8 Å². The Bertz CT molecular complexity index is 435. The average Bonchev–Trinajstić information content (AvgIpc) is 2.85. The molecule has 18 heavy (non-hydrogen) atoms. The number of hydrogen-bond acceptors (Lipinski definition) is 3. The fourth-order valence-electron chi connectivity index (χ4n) is 2.49. The summed E-state index contributed by atoms with van der Waals surface area (Å²) in [5, 5.41) is 7.68. The molecule has 1 aromatic rings. The number of aryl methyl sites for hydroxylation is 2. The first-order valence-electron chi connectivity index (χ1n) is 6.47. The number of hydrogen-bond donors (Lipinski definition) is 2. The van der Waals surface area contributed by atoms with E-state index >= 15 is 0 Å². The van der Waals surface area contributed by atoms with Crippen molar-refractivity contribution < 1.29 is 4.79 Å². The highest BCUT2D eigenvalue weighted by molar-refractivity contribution is 7.16. The van der Waals surface area contributed by atoms with E-state index in [1.807, 2.05) is 13.8 Å². The number of amides is 2. The molecule has 1 heterocycles. The van der Waals surface area contributed by atoms with Crippen LogP contribution >= 0.6 is 11.3 Å². The van der Waals surface area contributed by atoms with Crippen molar-refractivity contribution >= 4 is 22.4 Å². The van der Waals surface area contributed by atoms with Gasteiger partial charge in [-0.15, -0.1) is 11.3 Å². The molecule has 0 saturated heterocycles. The van der Waals surface area contributed by atoms with Crippen molar-refractivity contribution in [3.63, 3.8) is 0 Å². The highest BCUT2D eigenvalue weighted by atomic mass is 32.1. The van der Waals surface area contributed by atoms with Gasteiger partial charge in [-0.3, -0.25) is 5.32 Å². The lowest BCUT2D eigenvalue weighted by molar-refractivity contribution is 0.242. The molecule has 2 N–H and O–H groups in total. The van der Waals surface area contributed by atoms with Gasteiger partial charge in [0, 0.05) is 6.54 Å². The second-order valence-electron chi connectivity index (χ2n) is 5.47. The van der Waals surface area contributed by atoms with Crippen molar-refractivity contribution in [2.24, 2.45) is 5.41 Å². The minimum Gasteiger partial charge on any atom is -0.337 e. The Balaban J connectivity index is 1.84. The predicted octanol–water partition coefficient (Wildman–Crippen LogP) is 3.46. The third kappa shape index (κ3) is 3.22. The number of nitrogens with zero attached hydrogens (tertiary/aromatic N) is 1. The smallest absolute Gasteiger partial charge is 0.319 e. The fourth-order valence-corrected chi connectivity index (χ4v) is 3.31. The summed E-state index contributed by atoms with van der Waals surface area (Å²) in [7, 11) is 0. The minimum atomic E-state index is -0.116. The molecule has 1 fully saturated rings. The molecule has 1 aromatic heterocycles.